The maximum absolute atomic E-state index is 5.44. The van der Waals surface area contributed by atoms with E-state index in [0.717, 1.165) is 66.6 Å². The number of thiophene rings is 1. The molecule has 0 N–H and O–H groups in total. The van der Waals surface area contributed by atoms with E-state index in [-0.39, 0.29) is 0 Å². The van der Waals surface area contributed by atoms with Gasteiger partial charge >= 0.3 is 0 Å². The maximum Gasteiger partial charge on any atom is 0.0978 e. The van der Waals surface area contributed by atoms with Crippen molar-refractivity contribution in [2.24, 2.45) is 0 Å². The largest absolute Gasteiger partial charge is 0.245 e. The lowest BCUT2D eigenvalue weighted by atomic mass is 9.93. The van der Waals surface area contributed by atoms with Crippen LogP contribution in [0.3, 0.4) is 0 Å². The van der Waals surface area contributed by atoms with Crippen LogP contribution >= 0.6 is 11.3 Å². The molecule has 2 nitrogen and oxygen atoms in total. The molecule has 0 radical (unpaired) electrons. The average Bonchev–Trinajstić information content (AvgIpc) is 3.59. The number of benzene rings is 7. The SMILES string of the molecule is c1ccc(-c2cc(-c3ccccc3)c3ccc4c(-c5ccccc5)cc(-c5ccc(-c6ccc7sc8ccccc8c7c6)cc5)nc4c3n2)cc1. The molecule has 10 rings (SSSR count). The van der Waals surface area contributed by atoms with Gasteiger partial charge in [-0.1, -0.05) is 152 Å². The smallest absolute Gasteiger partial charge is 0.0978 e. The minimum atomic E-state index is 0.901. The van der Waals surface area contributed by atoms with Crippen molar-refractivity contribution in [3.8, 4) is 55.9 Å². The molecule has 0 spiro atoms. The van der Waals surface area contributed by atoms with E-state index in [4.69, 9.17) is 9.97 Å². The quantitative estimate of drug-likeness (QED) is 0.171. The normalized spacial score (nSPS) is 11.5. The van der Waals surface area contributed by atoms with Crippen LogP contribution < -0.4 is 0 Å². The van der Waals surface area contributed by atoms with Crippen molar-refractivity contribution in [1.82, 2.24) is 9.97 Å². The summed E-state index contributed by atoms with van der Waals surface area (Å²) in [6, 6.07) is 64.9. The van der Waals surface area contributed by atoms with Gasteiger partial charge < -0.3 is 0 Å². The summed E-state index contributed by atoms with van der Waals surface area (Å²) in [7, 11) is 0. The molecular formula is C48H30N2S. The summed E-state index contributed by atoms with van der Waals surface area (Å²) in [4.78, 5) is 10.8. The second-order valence-corrected chi connectivity index (χ2v) is 14.0. The summed E-state index contributed by atoms with van der Waals surface area (Å²) in [5, 5.41) is 4.80. The van der Waals surface area contributed by atoms with E-state index < -0.39 is 0 Å². The third kappa shape index (κ3) is 5.18. The summed E-state index contributed by atoms with van der Waals surface area (Å²) < 4.78 is 2.64. The van der Waals surface area contributed by atoms with Crippen LogP contribution in [0.2, 0.25) is 0 Å². The van der Waals surface area contributed by atoms with E-state index in [9.17, 15) is 0 Å². The van der Waals surface area contributed by atoms with Crippen molar-refractivity contribution in [2.75, 3.05) is 0 Å². The van der Waals surface area contributed by atoms with Crippen LogP contribution in [0.1, 0.15) is 0 Å². The van der Waals surface area contributed by atoms with Crippen molar-refractivity contribution < 1.29 is 0 Å². The summed E-state index contributed by atoms with van der Waals surface area (Å²) >= 11 is 1.85. The van der Waals surface area contributed by atoms with Gasteiger partial charge in [0, 0.05) is 42.1 Å². The standard InChI is InChI=1S/C48H30N2S/c1-4-12-32(13-5-1)40-29-43(34-16-8-3-9-17-34)49-47-38(40)25-26-39-41(33-14-6-2-7-15-33)30-44(50-48(39)47)35-22-20-31(21-23-35)36-24-27-46-42(28-36)37-18-10-11-19-45(37)51-46/h1-30H. The monoisotopic (exact) mass is 666 g/mol. The molecule has 0 amide bonds. The second kappa shape index (κ2) is 12.2. The van der Waals surface area contributed by atoms with Crippen LogP contribution in [0.25, 0.3) is 97.9 Å². The van der Waals surface area contributed by atoms with Crippen LogP contribution in [0.5, 0.6) is 0 Å². The lowest BCUT2D eigenvalue weighted by molar-refractivity contribution is 1.36. The molecule has 0 aliphatic heterocycles. The Kier molecular flexibility index (Phi) is 7.04. The molecule has 10 aromatic rings. The van der Waals surface area contributed by atoms with Crippen molar-refractivity contribution >= 4 is 53.3 Å². The van der Waals surface area contributed by atoms with E-state index in [1.165, 1.54) is 31.3 Å². The molecule has 3 heterocycles. The first-order valence-electron chi connectivity index (χ1n) is 17.2. The highest BCUT2D eigenvalue weighted by molar-refractivity contribution is 7.25. The highest BCUT2D eigenvalue weighted by atomic mass is 32.1. The topological polar surface area (TPSA) is 25.8 Å². The Hall–Kier alpha value is -6.42. The molecule has 238 valence electrons. The Morgan fingerprint density at radius 1 is 0.294 bits per heavy atom. The zero-order valence-electron chi connectivity index (χ0n) is 27.6. The third-order valence-electron chi connectivity index (χ3n) is 9.89. The van der Waals surface area contributed by atoms with Gasteiger partial charge in [0.05, 0.1) is 22.4 Å². The predicted molar refractivity (Wildman–Crippen MR) is 217 cm³/mol. The zero-order chi connectivity index (χ0) is 33.7. The zero-order valence-corrected chi connectivity index (χ0v) is 28.4. The van der Waals surface area contributed by atoms with Gasteiger partial charge in [-0.3, -0.25) is 0 Å². The molecule has 7 aromatic carbocycles. The van der Waals surface area contributed by atoms with Gasteiger partial charge in [-0.25, -0.2) is 9.97 Å². The number of pyridine rings is 2. The predicted octanol–water partition coefficient (Wildman–Crippen LogP) is 13.5. The minimum absolute atomic E-state index is 0.901. The number of fused-ring (bicyclic) bond motifs is 6. The van der Waals surface area contributed by atoms with E-state index in [0.29, 0.717) is 0 Å². The Bertz CT molecular complexity index is 2880. The fourth-order valence-electron chi connectivity index (χ4n) is 7.33. The first-order valence-corrected chi connectivity index (χ1v) is 18.1. The number of aromatic nitrogens is 2. The fourth-order valence-corrected chi connectivity index (χ4v) is 8.42. The van der Waals surface area contributed by atoms with Crippen LogP contribution in [0.15, 0.2) is 182 Å². The molecule has 0 saturated heterocycles. The molecule has 3 aromatic heterocycles. The summed E-state index contributed by atoms with van der Waals surface area (Å²) in [5.74, 6) is 0. The number of rotatable bonds is 5. The molecule has 0 bridgehead atoms. The Labute approximate surface area is 300 Å². The number of nitrogens with zero attached hydrogens (tertiary/aromatic N) is 2. The van der Waals surface area contributed by atoms with Gasteiger partial charge in [-0.05, 0) is 63.7 Å². The van der Waals surface area contributed by atoms with Crippen LogP contribution in [-0.4, -0.2) is 9.97 Å². The van der Waals surface area contributed by atoms with E-state index >= 15 is 0 Å². The summed E-state index contributed by atoms with van der Waals surface area (Å²) in [5.41, 5.74) is 12.8. The average molecular weight is 667 g/mol. The summed E-state index contributed by atoms with van der Waals surface area (Å²) in [6.45, 7) is 0. The lowest BCUT2D eigenvalue weighted by Gasteiger charge is -2.15. The second-order valence-electron chi connectivity index (χ2n) is 13.0. The molecule has 0 aliphatic carbocycles. The number of hydrogen-bond acceptors (Lipinski definition) is 3. The van der Waals surface area contributed by atoms with Crippen molar-refractivity contribution in [3.05, 3.63) is 182 Å². The van der Waals surface area contributed by atoms with E-state index in [1.54, 1.807) is 0 Å². The molecule has 0 aliphatic rings. The first kappa shape index (κ1) is 29.5. The summed E-state index contributed by atoms with van der Waals surface area (Å²) in [6.07, 6.45) is 0. The van der Waals surface area contributed by atoms with Gasteiger partial charge in [0.1, 0.15) is 0 Å². The van der Waals surface area contributed by atoms with Gasteiger partial charge in [0.2, 0.25) is 0 Å². The highest BCUT2D eigenvalue weighted by Crippen LogP contribution is 2.40. The minimum Gasteiger partial charge on any atom is -0.245 e. The maximum atomic E-state index is 5.44. The Morgan fingerprint density at radius 3 is 1.33 bits per heavy atom. The highest BCUT2D eigenvalue weighted by Gasteiger charge is 2.17. The molecule has 51 heavy (non-hydrogen) atoms. The third-order valence-corrected chi connectivity index (χ3v) is 11.0. The van der Waals surface area contributed by atoms with Crippen molar-refractivity contribution in [1.29, 1.82) is 0 Å². The Balaban J connectivity index is 1.18. The van der Waals surface area contributed by atoms with Gasteiger partial charge in [-0.2, -0.15) is 0 Å². The molecule has 3 heteroatoms. The van der Waals surface area contributed by atoms with Gasteiger partial charge in [0.25, 0.3) is 0 Å². The lowest BCUT2D eigenvalue weighted by Crippen LogP contribution is -1.95. The van der Waals surface area contributed by atoms with Gasteiger partial charge in [-0.15, -0.1) is 11.3 Å². The van der Waals surface area contributed by atoms with E-state index in [2.05, 4.69) is 176 Å². The first-order chi connectivity index (χ1) is 25.3. The molecule has 0 atom stereocenters. The number of hydrogen-bond donors (Lipinski definition) is 0. The molecule has 0 fully saturated rings. The molecule has 0 saturated carbocycles. The van der Waals surface area contributed by atoms with Crippen LogP contribution in [-0.2, 0) is 0 Å². The van der Waals surface area contributed by atoms with Gasteiger partial charge in [0.15, 0.2) is 0 Å². The molecular weight excluding hydrogens is 637 g/mol. The van der Waals surface area contributed by atoms with Crippen LogP contribution in [0, 0.1) is 0 Å². The van der Waals surface area contributed by atoms with E-state index in [1.807, 2.05) is 17.4 Å². The van der Waals surface area contributed by atoms with Crippen molar-refractivity contribution in [2.45, 2.75) is 0 Å². The Morgan fingerprint density at radius 2 is 0.745 bits per heavy atom. The van der Waals surface area contributed by atoms with Crippen molar-refractivity contribution in [3.63, 3.8) is 0 Å². The molecule has 0 unspecified atom stereocenters. The van der Waals surface area contributed by atoms with Crippen LogP contribution in [0.4, 0.5) is 0 Å². The fraction of sp³-hybridized carbons (Fsp3) is 0.